The summed E-state index contributed by atoms with van der Waals surface area (Å²) in [5.41, 5.74) is 7.65. The number of hydrogen-bond acceptors (Lipinski definition) is 3. The topological polar surface area (TPSA) is 72.9 Å². The Balaban J connectivity index is 1.87. The molecule has 0 aliphatic rings. The van der Waals surface area contributed by atoms with Crippen LogP contribution in [-0.2, 0) is 11.3 Å². The average molecular weight is 327 g/mol. The van der Waals surface area contributed by atoms with Gasteiger partial charge in [-0.25, -0.2) is 0 Å². The maximum absolute atomic E-state index is 11.9. The van der Waals surface area contributed by atoms with Crippen LogP contribution in [0.3, 0.4) is 0 Å². The molecule has 0 spiro atoms. The first-order valence-electron chi connectivity index (χ1n) is 6.49. The van der Waals surface area contributed by atoms with Crippen molar-refractivity contribution in [3.63, 3.8) is 0 Å². The van der Waals surface area contributed by atoms with Crippen molar-refractivity contribution >= 4 is 40.5 Å². The molecule has 0 aliphatic heterocycles. The van der Waals surface area contributed by atoms with Crippen LogP contribution in [0.25, 0.3) is 0 Å². The molecule has 1 heterocycles. The van der Waals surface area contributed by atoms with Gasteiger partial charge in [0, 0.05) is 24.2 Å². The van der Waals surface area contributed by atoms with Gasteiger partial charge in [-0.3, -0.25) is 9.48 Å². The number of amides is 1. The summed E-state index contributed by atoms with van der Waals surface area (Å²) in [5, 5.41) is 7.64. The second-order valence-corrected chi connectivity index (χ2v) is 5.63. The van der Waals surface area contributed by atoms with Gasteiger partial charge in [0.25, 0.3) is 0 Å². The second-order valence-electron chi connectivity index (χ2n) is 4.78. The van der Waals surface area contributed by atoms with Crippen molar-refractivity contribution in [2.45, 2.75) is 26.3 Å². The van der Waals surface area contributed by atoms with Crippen molar-refractivity contribution < 1.29 is 4.79 Å². The molecule has 21 heavy (non-hydrogen) atoms. The Morgan fingerprint density at radius 3 is 2.81 bits per heavy atom. The van der Waals surface area contributed by atoms with Gasteiger partial charge < -0.3 is 11.1 Å². The van der Waals surface area contributed by atoms with Gasteiger partial charge in [0.2, 0.25) is 5.91 Å². The highest BCUT2D eigenvalue weighted by atomic mass is 35.5. The lowest BCUT2D eigenvalue weighted by atomic mass is 10.2. The minimum atomic E-state index is -0.144. The first-order chi connectivity index (χ1) is 9.95. The van der Waals surface area contributed by atoms with E-state index < -0.39 is 0 Å². The first-order valence-corrected chi connectivity index (χ1v) is 7.24. The Labute approximate surface area is 133 Å². The fourth-order valence-corrected chi connectivity index (χ4v) is 2.47. The Morgan fingerprint density at radius 2 is 2.19 bits per heavy atom. The van der Waals surface area contributed by atoms with Gasteiger partial charge in [-0.15, -0.1) is 0 Å². The van der Waals surface area contributed by atoms with Crippen molar-refractivity contribution in [3.8, 4) is 0 Å². The smallest absolute Gasteiger partial charge is 0.224 e. The summed E-state index contributed by atoms with van der Waals surface area (Å²) in [6.07, 6.45) is 4.76. The van der Waals surface area contributed by atoms with Crippen LogP contribution in [0, 0.1) is 6.92 Å². The monoisotopic (exact) mass is 326 g/mol. The number of aryl methyl sites for hydroxylation is 2. The highest BCUT2D eigenvalue weighted by Gasteiger charge is 2.10. The minimum absolute atomic E-state index is 0.144. The molecule has 0 fully saturated rings. The highest BCUT2D eigenvalue weighted by molar-refractivity contribution is 6.37. The van der Waals surface area contributed by atoms with E-state index in [-0.39, 0.29) is 5.91 Å². The first kappa shape index (κ1) is 15.7. The molecule has 0 radical (unpaired) electrons. The van der Waals surface area contributed by atoms with Gasteiger partial charge in [0.1, 0.15) is 0 Å². The molecule has 1 amide bonds. The summed E-state index contributed by atoms with van der Waals surface area (Å²) in [6.45, 7) is 2.66. The van der Waals surface area contributed by atoms with E-state index in [2.05, 4.69) is 10.4 Å². The number of nitrogens with one attached hydrogen (secondary N) is 1. The number of aromatic nitrogens is 2. The zero-order chi connectivity index (χ0) is 15.4. The molecule has 5 nitrogen and oxygen atoms in total. The van der Waals surface area contributed by atoms with Crippen molar-refractivity contribution in [1.29, 1.82) is 0 Å². The van der Waals surface area contributed by atoms with Gasteiger partial charge >= 0.3 is 0 Å². The maximum Gasteiger partial charge on any atom is 0.224 e. The highest BCUT2D eigenvalue weighted by Crippen LogP contribution is 2.32. The van der Waals surface area contributed by atoms with Crippen molar-refractivity contribution in [2.75, 3.05) is 11.1 Å². The predicted molar refractivity (Wildman–Crippen MR) is 85.7 cm³/mol. The Morgan fingerprint density at radius 1 is 1.43 bits per heavy atom. The molecular weight excluding hydrogens is 311 g/mol. The summed E-state index contributed by atoms with van der Waals surface area (Å²) >= 11 is 11.8. The normalized spacial score (nSPS) is 10.6. The van der Waals surface area contributed by atoms with Crippen LogP contribution >= 0.6 is 23.2 Å². The summed E-state index contributed by atoms with van der Waals surface area (Å²) in [4.78, 5) is 11.9. The van der Waals surface area contributed by atoms with Crippen LogP contribution in [-0.4, -0.2) is 15.7 Å². The molecule has 2 aromatic rings. The molecule has 0 aliphatic carbocycles. The van der Waals surface area contributed by atoms with Crippen LogP contribution in [0.15, 0.2) is 24.5 Å². The van der Waals surface area contributed by atoms with Crippen LogP contribution in [0.2, 0.25) is 10.0 Å². The zero-order valence-electron chi connectivity index (χ0n) is 11.6. The van der Waals surface area contributed by atoms with Gasteiger partial charge in [-0.1, -0.05) is 23.2 Å². The third-order valence-electron chi connectivity index (χ3n) is 2.90. The van der Waals surface area contributed by atoms with Crippen molar-refractivity contribution in [2.24, 2.45) is 0 Å². The molecule has 0 bridgehead atoms. The molecule has 0 atom stereocenters. The summed E-state index contributed by atoms with van der Waals surface area (Å²) in [6, 6.07) is 3.09. The van der Waals surface area contributed by atoms with E-state index in [9.17, 15) is 4.79 Å². The number of rotatable bonds is 5. The lowest BCUT2D eigenvalue weighted by molar-refractivity contribution is -0.116. The fourth-order valence-electron chi connectivity index (χ4n) is 1.92. The van der Waals surface area contributed by atoms with Gasteiger partial charge in [-0.2, -0.15) is 5.10 Å². The lowest BCUT2D eigenvalue weighted by Gasteiger charge is -2.10. The Hall–Kier alpha value is -1.72. The molecule has 2 rings (SSSR count). The molecule has 0 saturated heterocycles. The van der Waals surface area contributed by atoms with Crippen LogP contribution in [0.4, 0.5) is 11.4 Å². The Bertz CT molecular complexity index is 631. The number of carbonyl (C=O) groups excluding carboxylic acids is 1. The van der Waals surface area contributed by atoms with Gasteiger partial charge in [-0.05, 0) is 31.0 Å². The number of anilines is 2. The second kappa shape index (κ2) is 6.83. The average Bonchev–Trinajstić information content (AvgIpc) is 2.79. The number of benzene rings is 1. The van der Waals surface area contributed by atoms with Gasteiger partial charge in [0.05, 0.1) is 22.6 Å². The number of nitrogen functional groups attached to an aromatic ring is 1. The number of hydrogen-bond donors (Lipinski definition) is 2. The third kappa shape index (κ3) is 4.37. The molecule has 1 aromatic heterocycles. The zero-order valence-corrected chi connectivity index (χ0v) is 13.1. The largest absolute Gasteiger partial charge is 0.397 e. The van der Waals surface area contributed by atoms with E-state index in [1.807, 2.05) is 17.8 Å². The molecule has 0 unspecified atom stereocenters. The van der Waals surface area contributed by atoms with Crippen molar-refractivity contribution in [1.82, 2.24) is 9.78 Å². The SMILES string of the molecule is Cc1cnn(CCCC(=O)Nc2c(N)cc(Cl)cc2Cl)c1. The minimum Gasteiger partial charge on any atom is -0.397 e. The van der Waals surface area contributed by atoms with Crippen molar-refractivity contribution in [3.05, 3.63) is 40.1 Å². The van der Waals surface area contributed by atoms with E-state index in [0.29, 0.717) is 40.8 Å². The summed E-state index contributed by atoms with van der Waals surface area (Å²) in [7, 11) is 0. The third-order valence-corrected chi connectivity index (χ3v) is 3.42. The van der Waals surface area contributed by atoms with E-state index in [1.165, 1.54) is 0 Å². The summed E-state index contributed by atoms with van der Waals surface area (Å²) in [5.74, 6) is -0.144. The fraction of sp³-hybridized carbons (Fsp3) is 0.286. The quantitative estimate of drug-likeness (QED) is 0.826. The molecule has 1 aromatic carbocycles. The van der Waals surface area contributed by atoms with Crippen LogP contribution in [0.1, 0.15) is 18.4 Å². The standard InChI is InChI=1S/C14H16Cl2N4O/c1-9-7-18-20(8-9)4-2-3-13(21)19-14-11(16)5-10(15)6-12(14)17/h5-8H,2-4,17H2,1H3,(H,19,21). The molecular formula is C14H16Cl2N4O. The summed E-state index contributed by atoms with van der Waals surface area (Å²) < 4.78 is 1.81. The number of carbonyl (C=O) groups is 1. The van der Waals surface area contributed by atoms with Crippen LogP contribution < -0.4 is 11.1 Å². The van der Waals surface area contributed by atoms with Crippen LogP contribution in [0.5, 0.6) is 0 Å². The number of nitrogens with two attached hydrogens (primary N) is 1. The number of nitrogens with zero attached hydrogens (tertiary/aromatic N) is 2. The van der Waals surface area contributed by atoms with E-state index in [4.69, 9.17) is 28.9 Å². The van der Waals surface area contributed by atoms with Gasteiger partial charge in [0.15, 0.2) is 0 Å². The molecule has 3 N–H and O–H groups in total. The maximum atomic E-state index is 11.9. The number of halogens is 2. The molecule has 112 valence electrons. The van der Waals surface area contributed by atoms with E-state index in [1.54, 1.807) is 18.3 Å². The molecule has 7 heteroatoms. The predicted octanol–water partition coefficient (Wildman–Crippen LogP) is 3.50. The van der Waals surface area contributed by atoms with E-state index >= 15 is 0 Å². The Kier molecular flexibility index (Phi) is 5.09. The molecule has 0 saturated carbocycles. The lowest BCUT2D eigenvalue weighted by Crippen LogP contribution is -2.14. The van der Waals surface area contributed by atoms with E-state index in [0.717, 1.165) is 5.56 Å².